The Hall–Kier alpha value is -4.09. The van der Waals surface area contributed by atoms with Gasteiger partial charge in [-0.05, 0) is 36.6 Å². The van der Waals surface area contributed by atoms with Gasteiger partial charge >= 0.3 is 11.9 Å². The van der Waals surface area contributed by atoms with Crippen molar-refractivity contribution in [2.45, 2.75) is 19.4 Å². The van der Waals surface area contributed by atoms with Crippen molar-refractivity contribution in [1.29, 1.82) is 0 Å². The smallest absolute Gasteiger partial charge is 0.414 e. The van der Waals surface area contributed by atoms with Crippen molar-refractivity contribution in [1.82, 2.24) is 34.5 Å². The van der Waals surface area contributed by atoms with Crippen LogP contribution in [0.15, 0.2) is 61.4 Å². The van der Waals surface area contributed by atoms with Gasteiger partial charge in [0.1, 0.15) is 12.7 Å². The lowest BCUT2D eigenvalue weighted by atomic mass is 10.1. The topological polar surface area (TPSA) is 140 Å². The minimum atomic E-state index is -1.82. The van der Waals surface area contributed by atoms with E-state index in [1.165, 1.54) is 22.8 Å². The van der Waals surface area contributed by atoms with Gasteiger partial charge in [-0.15, -0.1) is 0 Å². The van der Waals surface area contributed by atoms with Crippen molar-refractivity contribution in [3.8, 4) is 5.82 Å². The van der Waals surface area contributed by atoms with Crippen LogP contribution in [-0.4, -0.2) is 89.4 Å². The number of aliphatic carboxylic acids is 2. The van der Waals surface area contributed by atoms with Gasteiger partial charge in [-0.1, -0.05) is 30.3 Å². The molecular formula is C25H29N7O4. The van der Waals surface area contributed by atoms with Crippen LogP contribution in [-0.2, 0) is 22.6 Å². The normalized spacial score (nSPS) is 14.3. The van der Waals surface area contributed by atoms with E-state index < -0.39 is 11.9 Å². The van der Waals surface area contributed by atoms with Crippen LogP contribution in [0.3, 0.4) is 0 Å². The summed E-state index contributed by atoms with van der Waals surface area (Å²) in [6, 6.07) is 12.9. The fraction of sp³-hybridized carbons (Fsp3) is 0.320. The maximum Gasteiger partial charge on any atom is 0.414 e. The van der Waals surface area contributed by atoms with E-state index in [0.29, 0.717) is 0 Å². The number of carboxylic acids is 2. The van der Waals surface area contributed by atoms with Gasteiger partial charge in [0.15, 0.2) is 5.82 Å². The largest absolute Gasteiger partial charge is 0.473 e. The molecule has 36 heavy (non-hydrogen) atoms. The number of carbonyl (C=O) groups is 2. The number of piperazine rings is 1. The third-order valence-corrected chi connectivity index (χ3v) is 6.11. The standard InChI is InChI=1S/C23H27N7.C2H2O4/c1-2-5-19(6-3-1)16-29-11-9-28(10-12-29)8-4-7-20-14-25-22-15-26-23(13-21(20)22)30-18-24-17-27-30;3-1(4)2(5)6/h1-3,5-6,13-15,17-18,25H,4,7-12,16H2;(H,3,4)(H,5,6). The number of nitrogens with one attached hydrogen (secondary N) is 1. The number of fused-ring (bicyclic) bond motifs is 1. The van der Waals surface area contributed by atoms with E-state index in [1.807, 2.05) is 6.20 Å². The molecule has 0 amide bonds. The highest BCUT2D eigenvalue weighted by atomic mass is 16.4. The van der Waals surface area contributed by atoms with Gasteiger partial charge in [-0.2, -0.15) is 5.10 Å². The molecule has 1 aliphatic heterocycles. The number of aromatic amines is 1. The SMILES string of the molecule is O=C(O)C(=O)O.c1ccc(CN2CCN(CCCc3c[nH]c4cnc(-n5cncn5)cc34)CC2)cc1. The molecule has 5 rings (SSSR count). The predicted octanol–water partition coefficient (Wildman–Crippen LogP) is 2.05. The Morgan fingerprint density at radius 1 is 1.00 bits per heavy atom. The highest BCUT2D eigenvalue weighted by molar-refractivity contribution is 6.27. The van der Waals surface area contributed by atoms with E-state index >= 15 is 0 Å². The van der Waals surface area contributed by atoms with Crippen LogP contribution < -0.4 is 0 Å². The van der Waals surface area contributed by atoms with Crippen molar-refractivity contribution in [3.63, 3.8) is 0 Å². The number of hydrogen-bond acceptors (Lipinski definition) is 7. The summed E-state index contributed by atoms with van der Waals surface area (Å²) in [7, 11) is 0. The number of nitrogens with zero attached hydrogens (tertiary/aromatic N) is 6. The van der Waals surface area contributed by atoms with Gasteiger partial charge in [-0.3, -0.25) is 4.90 Å². The molecule has 4 heterocycles. The molecule has 3 aromatic heterocycles. The average molecular weight is 492 g/mol. The van der Waals surface area contributed by atoms with Crippen LogP contribution in [0.4, 0.5) is 0 Å². The van der Waals surface area contributed by atoms with Crippen molar-refractivity contribution >= 4 is 22.8 Å². The molecule has 0 unspecified atom stereocenters. The maximum absolute atomic E-state index is 9.10. The highest BCUT2D eigenvalue weighted by Crippen LogP contribution is 2.21. The first kappa shape index (κ1) is 25.0. The third-order valence-electron chi connectivity index (χ3n) is 6.11. The number of aryl methyl sites for hydroxylation is 1. The monoisotopic (exact) mass is 491 g/mol. The van der Waals surface area contributed by atoms with Crippen molar-refractivity contribution < 1.29 is 19.8 Å². The third kappa shape index (κ3) is 6.74. The molecule has 11 nitrogen and oxygen atoms in total. The molecular weight excluding hydrogens is 462 g/mol. The number of H-pyrrole nitrogens is 1. The first-order chi connectivity index (χ1) is 17.5. The van der Waals surface area contributed by atoms with Gasteiger partial charge < -0.3 is 20.1 Å². The molecule has 0 atom stereocenters. The van der Waals surface area contributed by atoms with E-state index in [4.69, 9.17) is 19.8 Å². The molecule has 11 heteroatoms. The molecule has 0 radical (unpaired) electrons. The first-order valence-electron chi connectivity index (χ1n) is 11.8. The fourth-order valence-corrected chi connectivity index (χ4v) is 4.23. The molecule has 4 aromatic rings. The molecule has 0 bridgehead atoms. The van der Waals surface area contributed by atoms with E-state index in [9.17, 15) is 0 Å². The molecule has 1 aliphatic rings. The maximum atomic E-state index is 9.10. The number of pyridine rings is 1. The lowest BCUT2D eigenvalue weighted by Crippen LogP contribution is -2.46. The summed E-state index contributed by atoms with van der Waals surface area (Å²) in [5, 5.41) is 20.2. The second-order valence-corrected chi connectivity index (χ2v) is 8.56. The summed E-state index contributed by atoms with van der Waals surface area (Å²) in [6.45, 7) is 6.81. The average Bonchev–Trinajstić information content (AvgIpc) is 3.56. The second-order valence-electron chi connectivity index (χ2n) is 8.56. The number of rotatable bonds is 7. The first-order valence-corrected chi connectivity index (χ1v) is 11.8. The summed E-state index contributed by atoms with van der Waals surface area (Å²) in [6.07, 6.45) is 9.43. The summed E-state index contributed by atoms with van der Waals surface area (Å²) in [5.41, 5.74) is 3.82. The Morgan fingerprint density at radius 2 is 1.72 bits per heavy atom. The fourth-order valence-electron chi connectivity index (χ4n) is 4.23. The Morgan fingerprint density at radius 3 is 2.39 bits per heavy atom. The molecule has 3 N–H and O–H groups in total. The molecule has 0 aliphatic carbocycles. The Kier molecular flexibility index (Phi) is 8.37. The van der Waals surface area contributed by atoms with Crippen molar-refractivity contribution in [2.75, 3.05) is 32.7 Å². The van der Waals surface area contributed by atoms with Crippen LogP contribution in [0.25, 0.3) is 16.7 Å². The number of aromatic nitrogens is 5. The van der Waals surface area contributed by atoms with Crippen LogP contribution >= 0.6 is 0 Å². The van der Waals surface area contributed by atoms with Gasteiger partial charge in [0.05, 0.1) is 11.7 Å². The zero-order valence-corrected chi connectivity index (χ0v) is 19.8. The molecule has 0 saturated carbocycles. The Bertz CT molecular complexity index is 1250. The van der Waals surface area contributed by atoms with Crippen LogP contribution in [0, 0.1) is 0 Å². The zero-order valence-electron chi connectivity index (χ0n) is 19.8. The van der Waals surface area contributed by atoms with E-state index in [1.54, 1.807) is 11.0 Å². The molecule has 188 valence electrons. The van der Waals surface area contributed by atoms with Crippen LogP contribution in [0.2, 0.25) is 0 Å². The lowest BCUT2D eigenvalue weighted by molar-refractivity contribution is -0.159. The minimum Gasteiger partial charge on any atom is -0.473 e. The molecule has 1 aromatic carbocycles. The zero-order chi connectivity index (χ0) is 25.3. The van der Waals surface area contributed by atoms with Gasteiger partial charge in [0.25, 0.3) is 0 Å². The molecule has 0 spiro atoms. The van der Waals surface area contributed by atoms with Crippen LogP contribution in [0.1, 0.15) is 17.5 Å². The van der Waals surface area contributed by atoms with E-state index in [0.717, 1.165) is 63.4 Å². The summed E-state index contributed by atoms with van der Waals surface area (Å²) in [4.78, 5) is 35.2. The Labute approximate surface area is 208 Å². The highest BCUT2D eigenvalue weighted by Gasteiger charge is 2.17. The van der Waals surface area contributed by atoms with E-state index in [2.05, 4.69) is 72.4 Å². The number of hydrogen-bond donors (Lipinski definition) is 3. The summed E-state index contributed by atoms with van der Waals surface area (Å²) >= 11 is 0. The van der Waals surface area contributed by atoms with Crippen molar-refractivity contribution in [3.05, 3.63) is 72.6 Å². The minimum absolute atomic E-state index is 0.801. The van der Waals surface area contributed by atoms with E-state index in [-0.39, 0.29) is 0 Å². The molecule has 1 saturated heterocycles. The second kappa shape index (κ2) is 12.0. The molecule has 1 fully saturated rings. The summed E-state index contributed by atoms with van der Waals surface area (Å²) in [5.74, 6) is -2.85. The number of carboxylic acid groups (broad SMARTS) is 2. The van der Waals surface area contributed by atoms with Gasteiger partial charge in [0.2, 0.25) is 0 Å². The predicted molar refractivity (Wildman–Crippen MR) is 133 cm³/mol. The number of benzene rings is 1. The van der Waals surface area contributed by atoms with Gasteiger partial charge in [0, 0.05) is 44.3 Å². The Balaban J connectivity index is 0.000000455. The van der Waals surface area contributed by atoms with Crippen molar-refractivity contribution in [2.24, 2.45) is 0 Å². The van der Waals surface area contributed by atoms with Gasteiger partial charge in [-0.25, -0.2) is 24.2 Å². The quantitative estimate of drug-likeness (QED) is 0.331. The summed E-state index contributed by atoms with van der Waals surface area (Å²) < 4.78 is 1.70. The van der Waals surface area contributed by atoms with Crippen LogP contribution in [0.5, 0.6) is 0 Å². The lowest BCUT2D eigenvalue weighted by Gasteiger charge is -2.34.